The molecule has 0 radical (unpaired) electrons. The summed E-state index contributed by atoms with van der Waals surface area (Å²) < 4.78 is 4.40. The van der Waals surface area contributed by atoms with Gasteiger partial charge in [-0.3, -0.25) is 14.4 Å². The number of nitrogens with one attached hydrogen (secondary N) is 2. The predicted molar refractivity (Wildman–Crippen MR) is 73.1 cm³/mol. The average molecular weight is 288 g/mol. The maximum absolute atomic E-state index is 11.8. The first-order valence-corrected chi connectivity index (χ1v) is 6.45. The normalized spacial score (nSPS) is 12.6. The zero-order valence-electron chi connectivity index (χ0n) is 12.5. The Bertz CT molecular complexity index is 349. The molecule has 0 saturated carbocycles. The Morgan fingerprint density at radius 1 is 1.25 bits per heavy atom. The molecule has 1 unspecified atom stereocenters. The zero-order valence-corrected chi connectivity index (χ0v) is 12.5. The second-order valence-electron chi connectivity index (χ2n) is 5.71. The van der Waals surface area contributed by atoms with E-state index in [-0.39, 0.29) is 18.4 Å². The molecule has 1 atom stereocenters. The number of methoxy groups -OCH3 is 1. The summed E-state index contributed by atoms with van der Waals surface area (Å²) in [4.78, 5) is 33.5. The van der Waals surface area contributed by atoms with Gasteiger partial charge in [0, 0.05) is 0 Å². The SMILES string of the molecule is COC(=O)CNC(=O)C(CC(=O)O)NCCC(C)(C)C. The molecule has 0 aromatic rings. The maximum atomic E-state index is 11.8. The van der Waals surface area contributed by atoms with Gasteiger partial charge in [0.15, 0.2) is 0 Å². The smallest absolute Gasteiger partial charge is 0.325 e. The third-order valence-corrected chi connectivity index (χ3v) is 2.60. The molecule has 0 fully saturated rings. The highest BCUT2D eigenvalue weighted by Gasteiger charge is 2.22. The molecule has 116 valence electrons. The van der Waals surface area contributed by atoms with E-state index in [0.29, 0.717) is 6.54 Å². The zero-order chi connectivity index (χ0) is 15.8. The average Bonchev–Trinajstić information content (AvgIpc) is 2.32. The number of ether oxygens (including phenoxy) is 1. The molecule has 1 amide bonds. The van der Waals surface area contributed by atoms with Crippen molar-refractivity contribution in [1.82, 2.24) is 10.6 Å². The third-order valence-electron chi connectivity index (χ3n) is 2.60. The lowest BCUT2D eigenvalue weighted by atomic mass is 9.92. The van der Waals surface area contributed by atoms with E-state index in [1.165, 1.54) is 7.11 Å². The Morgan fingerprint density at radius 3 is 2.30 bits per heavy atom. The van der Waals surface area contributed by atoms with Crippen LogP contribution in [-0.2, 0) is 19.1 Å². The molecule has 0 rings (SSSR count). The van der Waals surface area contributed by atoms with Gasteiger partial charge in [0.1, 0.15) is 6.54 Å². The maximum Gasteiger partial charge on any atom is 0.325 e. The topological polar surface area (TPSA) is 105 Å². The number of amides is 1. The van der Waals surface area contributed by atoms with E-state index in [1.807, 2.05) is 0 Å². The number of carbonyl (C=O) groups excluding carboxylic acids is 2. The predicted octanol–water partition coefficient (Wildman–Crippen LogP) is 0.145. The Hall–Kier alpha value is -1.63. The van der Waals surface area contributed by atoms with Crippen LogP contribution in [0.15, 0.2) is 0 Å². The molecular weight excluding hydrogens is 264 g/mol. The number of esters is 1. The van der Waals surface area contributed by atoms with E-state index >= 15 is 0 Å². The number of hydrogen-bond acceptors (Lipinski definition) is 5. The van der Waals surface area contributed by atoms with Crippen molar-refractivity contribution in [1.29, 1.82) is 0 Å². The van der Waals surface area contributed by atoms with Crippen LogP contribution in [0, 0.1) is 5.41 Å². The summed E-state index contributed by atoms with van der Waals surface area (Å²) in [5.74, 6) is -2.18. The van der Waals surface area contributed by atoms with Crippen molar-refractivity contribution < 1.29 is 24.2 Å². The molecule has 3 N–H and O–H groups in total. The second-order valence-corrected chi connectivity index (χ2v) is 5.71. The van der Waals surface area contributed by atoms with Crippen molar-refractivity contribution in [2.75, 3.05) is 20.2 Å². The fourth-order valence-corrected chi connectivity index (χ4v) is 1.41. The quantitative estimate of drug-likeness (QED) is 0.549. The van der Waals surface area contributed by atoms with Crippen molar-refractivity contribution in [3.05, 3.63) is 0 Å². The Labute approximate surface area is 119 Å². The Kier molecular flexibility index (Phi) is 7.83. The number of carboxylic acids is 1. The van der Waals surface area contributed by atoms with E-state index < -0.39 is 23.9 Å². The van der Waals surface area contributed by atoms with Gasteiger partial charge in [0.05, 0.1) is 19.6 Å². The molecule has 20 heavy (non-hydrogen) atoms. The Balaban J connectivity index is 4.35. The van der Waals surface area contributed by atoms with Gasteiger partial charge >= 0.3 is 11.9 Å². The number of carboxylic acid groups (broad SMARTS) is 1. The van der Waals surface area contributed by atoms with E-state index in [4.69, 9.17) is 5.11 Å². The third kappa shape index (κ3) is 9.32. The van der Waals surface area contributed by atoms with Crippen LogP contribution in [0.1, 0.15) is 33.6 Å². The van der Waals surface area contributed by atoms with Crippen molar-refractivity contribution >= 4 is 17.8 Å². The minimum atomic E-state index is -1.08. The molecule has 0 aliphatic rings. The summed E-state index contributed by atoms with van der Waals surface area (Å²) in [6.07, 6.45) is 0.463. The van der Waals surface area contributed by atoms with Crippen molar-refractivity contribution in [3.63, 3.8) is 0 Å². The summed E-state index contributed by atoms with van der Waals surface area (Å²) in [5.41, 5.74) is 0.0866. The number of rotatable bonds is 8. The standard InChI is InChI=1S/C13H24N2O5/c1-13(2,3)5-6-14-9(7-10(16)17)12(19)15-8-11(18)20-4/h9,14H,5-8H2,1-4H3,(H,15,19)(H,16,17). The van der Waals surface area contributed by atoms with Gasteiger partial charge in [-0.2, -0.15) is 0 Å². The highest BCUT2D eigenvalue weighted by molar-refractivity contribution is 5.88. The minimum Gasteiger partial charge on any atom is -0.481 e. The van der Waals surface area contributed by atoms with Gasteiger partial charge in [-0.05, 0) is 18.4 Å². The van der Waals surface area contributed by atoms with E-state index in [9.17, 15) is 14.4 Å². The summed E-state index contributed by atoms with van der Waals surface area (Å²) in [7, 11) is 1.21. The Morgan fingerprint density at radius 2 is 1.85 bits per heavy atom. The van der Waals surface area contributed by atoms with Gasteiger partial charge < -0.3 is 20.5 Å². The first kappa shape index (κ1) is 18.4. The van der Waals surface area contributed by atoms with Gasteiger partial charge in [0.2, 0.25) is 5.91 Å². The van der Waals surface area contributed by atoms with Crippen LogP contribution < -0.4 is 10.6 Å². The second kappa shape index (κ2) is 8.52. The first-order chi connectivity index (χ1) is 9.15. The van der Waals surface area contributed by atoms with Crippen molar-refractivity contribution in [3.8, 4) is 0 Å². The van der Waals surface area contributed by atoms with E-state index in [1.54, 1.807) is 0 Å². The molecule has 0 bridgehead atoms. The largest absolute Gasteiger partial charge is 0.481 e. The molecule has 0 heterocycles. The lowest BCUT2D eigenvalue weighted by molar-refractivity contribution is -0.142. The fourth-order valence-electron chi connectivity index (χ4n) is 1.41. The van der Waals surface area contributed by atoms with Crippen LogP contribution in [0.5, 0.6) is 0 Å². The van der Waals surface area contributed by atoms with E-state index in [2.05, 4.69) is 36.1 Å². The lowest BCUT2D eigenvalue weighted by Crippen LogP contribution is -2.47. The molecular formula is C13H24N2O5. The molecule has 0 saturated heterocycles. The number of carbonyl (C=O) groups is 3. The number of hydrogen-bond donors (Lipinski definition) is 3. The lowest BCUT2D eigenvalue weighted by Gasteiger charge is -2.21. The summed E-state index contributed by atoms with van der Waals surface area (Å²) in [5, 5.41) is 14.1. The van der Waals surface area contributed by atoms with E-state index in [0.717, 1.165) is 6.42 Å². The van der Waals surface area contributed by atoms with Gasteiger partial charge in [0.25, 0.3) is 0 Å². The molecule has 7 heteroatoms. The summed E-state index contributed by atoms with van der Waals surface area (Å²) in [6, 6.07) is -0.862. The molecule has 0 aliphatic heterocycles. The van der Waals surface area contributed by atoms with Gasteiger partial charge in [-0.15, -0.1) is 0 Å². The molecule has 0 aromatic carbocycles. The minimum absolute atomic E-state index is 0.0866. The number of aliphatic carboxylic acids is 1. The monoisotopic (exact) mass is 288 g/mol. The highest BCUT2D eigenvalue weighted by atomic mass is 16.5. The van der Waals surface area contributed by atoms with Crippen LogP contribution >= 0.6 is 0 Å². The molecule has 7 nitrogen and oxygen atoms in total. The first-order valence-electron chi connectivity index (χ1n) is 6.45. The van der Waals surface area contributed by atoms with Crippen molar-refractivity contribution in [2.45, 2.75) is 39.7 Å². The van der Waals surface area contributed by atoms with Crippen molar-refractivity contribution in [2.24, 2.45) is 5.41 Å². The van der Waals surface area contributed by atoms with Crippen LogP contribution in [0.3, 0.4) is 0 Å². The van der Waals surface area contributed by atoms with Crippen LogP contribution in [0.2, 0.25) is 0 Å². The van der Waals surface area contributed by atoms with Crippen LogP contribution in [0.4, 0.5) is 0 Å². The van der Waals surface area contributed by atoms with Gasteiger partial charge in [-0.1, -0.05) is 20.8 Å². The van der Waals surface area contributed by atoms with Crippen LogP contribution in [-0.4, -0.2) is 49.2 Å². The molecule has 0 aliphatic carbocycles. The van der Waals surface area contributed by atoms with Gasteiger partial charge in [-0.25, -0.2) is 0 Å². The fraction of sp³-hybridized carbons (Fsp3) is 0.769. The summed E-state index contributed by atoms with van der Waals surface area (Å²) in [6.45, 7) is 6.41. The molecule has 0 aromatic heterocycles. The van der Waals surface area contributed by atoms with Crippen LogP contribution in [0.25, 0.3) is 0 Å². The molecule has 0 spiro atoms. The highest BCUT2D eigenvalue weighted by Crippen LogP contribution is 2.17. The summed E-state index contributed by atoms with van der Waals surface area (Å²) >= 11 is 0.